The first kappa shape index (κ1) is 7.26. The summed E-state index contributed by atoms with van der Waals surface area (Å²) in [6, 6.07) is 0. The topological polar surface area (TPSA) is 38.9 Å². The average Bonchev–Trinajstić information content (AvgIpc) is 2.41. The zero-order valence-electron chi connectivity index (χ0n) is 5.50. The molecule has 0 aliphatic heterocycles. The fraction of sp³-hybridized carbons (Fsp3) is 0.286. The summed E-state index contributed by atoms with van der Waals surface area (Å²) in [5.41, 5.74) is 6.24. The second kappa shape index (κ2) is 4.04. The lowest BCUT2D eigenvalue weighted by molar-refractivity contribution is 1.03. The van der Waals surface area contributed by atoms with Crippen molar-refractivity contribution in [1.82, 2.24) is 4.37 Å². The molecule has 0 amide bonds. The molecule has 0 bridgehead atoms. The van der Waals surface area contributed by atoms with Crippen molar-refractivity contribution in [1.29, 1.82) is 0 Å². The van der Waals surface area contributed by atoms with E-state index in [1.165, 1.54) is 11.5 Å². The molecule has 2 N–H and O–H groups in total. The quantitative estimate of drug-likeness (QED) is 0.606. The van der Waals surface area contributed by atoms with Crippen LogP contribution in [-0.4, -0.2) is 10.9 Å². The van der Waals surface area contributed by atoms with Crippen LogP contribution >= 0.6 is 11.5 Å². The van der Waals surface area contributed by atoms with Crippen molar-refractivity contribution in [2.45, 2.75) is 6.42 Å². The molecule has 0 radical (unpaired) electrons. The van der Waals surface area contributed by atoms with E-state index in [1.807, 2.05) is 5.38 Å². The molecular formula is C7H8N2S. The van der Waals surface area contributed by atoms with Crippen LogP contribution in [-0.2, 0) is 0 Å². The van der Waals surface area contributed by atoms with E-state index in [2.05, 4.69) is 16.2 Å². The smallest absolute Gasteiger partial charge is 0.0563 e. The molecular weight excluding hydrogens is 144 g/mol. The highest BCUT2D eigenvalue weighted by atomic mass is 32.1. The third-order valence-electron chi connectivity index (χ3n) is 0.934. The third kappa shape index (κ3) is 2.18. The predicted molar refractivity (Wildman–Crippen MR) is 42.7 cm³/mol. The monoisotopic (exact) mass is 152 g/mol. The highest BCUT2D eigenvalue weighted by Crippen LogP contribution is 1.97. The van der Waals surface area contributed by atoms with Crippen LogP contribution in [0.4, 0.5) is 0 Å². The van der Waals surface area contributed by atoms with Gasteiger partial charge in [0.2, 0.25) is 0 Å². The highest BCUT2D eigenvalue weighted by Gasteiger charge is 1.83. The van der Waals surface area contributed by atoms with Gasteiger partial charge in [-0.1, -0.05) is 11.8 Å². The van der Waals surface area contributed by atoms with E-state index in [9.17, 15) is 0 Å². The molecule has 52 valence electrons. The molecule has 0 aromatic carbocycles. The Bertz CT molecular complexity index is 230. The SMILES string of the molecule is NCCC#Cc1cnsc1. The summed E-state index contributed by atoms with van der Waals surface area (Å²) in [5, 5.41) is 1.92. The average molecular weight is 152 g/mol. The van der Waals surface area contributed by atoms with Gasteiger partial charge in [-0.2, -0.15) is 4.37 Å². The summed E-state index contributed by atoms with van der Waals surface area (Å²) < 4.78 is 3.91. The summed E-state index contributed by atoms with van der Waals surface area (Å²) in [5.74, 6) is 5.87. The molecule has 1 rings (SSSR count). The molecule has 0 saturated heterocycles. The molecule has 10 heavy (non-hydrogen) atoms. The minimum atomic E-state index is 0.630. The first-order chi connectivity index (χ1) is 4.93. The Balaban J connectivity index is 2.49. The number of rotatable bonds is 1. The van der Waals surface area contributed by atoms with Gasteiger partial charge in [-0.05, 0) is 11.5 Å². The fourth-order valence-electron chi connectivity index (χ4n) is 0.503. The van der Waals surface area contributed by atoms with E-state index >= 15 is 0 Å². The molecule has 3 heteroatoms. The number of hydrogen-bond donors (Lipinski definition) is 1. The van der Waals surface area contributed by atoms with Crippen molar-refractivity contribution in [3.05, 3.63) is 17.1 Å². The number of nitrogens with zero attached hydrogens (tertiary/aromatic N) is 1. The lowest BCUT2D eigenvalue weighted by Crippen LogP contribution is -1.95. The normalized spacial score (nSPS) is 8.50. The maximum atomic E-state index is 5.25. The molecule has 0 fully saturated rings. The molecule has 2 nitrogen and oxygen atoms in total. The molecule has 0 aliphatic carbocycles. The second-order valence-electron chi connectivity index (χ2n) is 1.75. The highest BCUT2D eigenvalue weighted by molar-refractivity contribution is 7.03. The molecule has 0 aliphatic rings. The zero-order valence-corrected chi connectivity index (χ0v) is 6.32. The van der Waals surface area contributed by atoms with Gasteiger partial charge in [0.25, 0.3) is 0 Å². The molecule has 1 aromatic heterocycles. The summed E-state index contributed by atoms with van der Waals surface area (Å²) >= 11 is 1.41. The maximum Gasteiger partial charge on any atom is 0.0563 e. The van der Waals surface area contributed by atoms with Gasteiger partial charge in [0.1, 0.15) is 0 Å². The summed E-state index contributed by atoms with van der Waals surface area (Å²) in [7, 11) is 0. The van der Waals surface area contributed by atoms with Crippen LogP contribution in [0.5, 0.6) is 0 Å². The van der Waals surface area contributed by atoms with Gasteiger partial charge in [-0.3, -0.25) is 0 Å². The molecule has 0 atom stereocenters. The Kier molecular flexibility index (Phi) is 2.94. The first-order valence-corrected chi connectivity index (χ1v) is 3.85. The molecule has 0 saturated carbocycles. The van der Waals surface area contributed by atoms with Crippen molar-refractivity contribution in [3.8, 4) is 11.8 Å². The van der Waals surface area contributed by atoms with Crippen LogP contribution in [0.15, 0.2) is 11.6 Å². The lowest BCUT2D eigenvalue weighted by atomic mass is 10.3. The van der Waals surface area contributed by atoms with Gasteiger partial charge in [0, 0.05) is 18.3 Å². The summed E-state index contributed by atoms with van der Waals surface area (Å²) in [4.78, 5) is 0. The number of nitrogens with two attached hydrogens (primary N) is 1. The van der Waals surface area contributed by atoms with Gasteiger partial charge in [-0.15, -0.1) is 0 Å². The Morgan fingerprint density at radius 1 is 1.70 bits per heavy atom. The van der Waals surface area contributed by atoms with E-state index in [4.69, 9.17) is 5.73 Å². The number of aromatic nitrogens is 1. The summed E-state index contributed by atoms with van der Waals surface area (Å²) in [6.45, 7) is 0.630. The van der Waals surface area contributed by atoms with Crippen molar-refractivity contribution in [3.63, 3.8) is 0 Å². The molecule has 1 heterocycles. The van der Waals surface area contributed by atoms with Gasteiger partial charge < -0.3 is 5.73 Å². The van der Waals surface area contributed by atoms with Gasteiger partial charge >= 0.3 is 0 Å². The first-order valence-electron chi connectivity index (χ1n) is 3.02. The van der Waals surface area contributed by atoms with Crippen molar-refractivity contribution in [2.75, 3.05) is 6.54 Å². The van der Waals surface area contributed by atoms with Crippen molar-refractivity contribution < 1.29 is 0 Å². The maximum absolute atomic E-state index is 5.25. The zero-order chi connectivity index (χ0) is 7.23. The van der Waals surface area contributed by atoms with E-state index in [0.717, 1.165) is 12.0 Å². The molecule has 0 unspecified atom stereocenters. The van der Waals surface area contributed by atoms with Crippen LogP contribution < -0.4 is 5.73 Å². The lowest BCUT2D eigenvalue weighted by Gasteiger charge is -1.77. The Morgan fingerprint density at radius 3 is 3.20 bits per heavy atom. The predicted octanol–water partition coefficient (Wildman–Crippen LogP) is 0.843. The van der Waals surface area contributed by atoms with Crippen LogP contribution in [0, 0.1) is 11.8 Å². The largest absolute Gasteiger partial charge is 0.330 e. The Labute approximate surface area is 64.2 Å². The third-order valence-corrected chi connectivity index (χ3v) is 1.52. The minimum Gasteiger partial charge on any atom is -0.330 e. The van der Waals surface area contributed by atoms with E-state index < -0.39 is 0 Å². The molecule has 1 aromatic rings. The van der Waals surface area contributed by atoms with Crippen molar-refractivity contribution >= 4 is 11.5 Å². The fourth-order valence-corrected chi connectivity index (χ4v) is 0.972. The Hall–Kier alpha value is -0.850. The van der Waals surface area contributed by atoms with Gasteiger partial charge in [0.05, 0.1) is 11.8 Å². The minimum absolute atomic E-state index is 0.630. The van der Waals surface area contributed by atoms with E-state index in [1.54, 1.807) is 6.20 Å². The van der Waals surface area contributed by atoms with Crippen LogP contribution in [0.25, 0.3) is 0 Å². The van der Waals surface area contributed by atoms with Crippen LogP contribution in [0.1, 0.15) is 12.0 Å². The summed E-state index contributed by atoms with van der Waals surface area (Å²) in [6.07, 6.45) is 2.52. The van der Waals surface area contributed by atoms with Gasteiger partial charge in [0.15, 0.2) is 0 Å². The van der Waals surface area contributed by atoms with Crippen molar-refractivity contribution in [2.24, 2.45) is 5.73 Å². The Morgan fingerprint density at radius 2 is 2.60 bits per heavy atom. The second-order valence-corrected chi connectivity index (χ2v) is 2.41. The number of hydrogen-bond acceptors (Lipinski definition) is 3. The van der Waals surface area contributed by atoms with Crippen LogP contribution in [0.3, 0.4) is 0 Å². The van der Waals surface area contributed by atoms with E-state index in [0.29, 0.717) is 6.54 Å². The van der Waals surface area contributed by atoms with E-state index in [-0.39, 0.29) is 0 Å². The molecule has 0 spiro atoms. The van der Waals surface area contributed by atoms with Gasteiger partial charge in [-0.25, -0.2) is 0 Å². The standard InChI is InChI=1S/C7H8N2S/c8-4-2-1-3-7-5-9-10-6-7/h5-6H,2,4,8H2. The van der Waals surface area contributed by atoms with Crippen LogP contribution in [0.2, 0.25) is 0 Å².